The van der Waals surface area contributed by atoms with Crippen LogP contribution < -0.4 is 0 Å². The van der Waals surface area contributed by atoms with E-state index in [1.807, 2.05) is 0 Å². The lowest BCUT2D eigenvalue weighted by atomic mass is 10.0. The molecule has 1 unspecified atom stereocenters. The van der Waals surface area contributed by atoms with Gasteiger partial charge < -0.3 is 4.74 Å². The zero-order chi connectivity index (χ0) is 12.8. The van der Waals surface area contributed by atoms with E-state index < -0.39 is 29.6 Å². The molecular formula is C10H6F6O. The summed E-state index contributed by atoms with van der Waals surface area (Å²) >= 11 is 0. The summed E-state index contributed by atoms with van der Waals surface area (Å²) in [7, 11) is 0. The molecule has 1 aliphatic heterocycles. The Labute approximate surface area is 92.0 Å². The Morgan fingerprint density at radius 3 is 2.00 bits per heavy atom. The lowest BCUT2D eigenvalue weighted by Crippen LogP contribution is -2.13. The molecule has 1 heterocycles. The van der Waals surface area contributed by atoms with Gasteiger partial charge in [-0.05, 0) is 17.7 Å². The van der Waals surface area contributed by atoms with Crippen molar-refractivity contribution in [3.05, 3.63) is 34.9 Å². The minimum Gasteiger partial charge on any atom is -0.368 e. The van der Waals surface area contributed by atoms with Crippen LogP contribution >= 0.6 is 0 Å². The van der Waals surface area contributed by atoms with Crippen LogP contribution in [0.4, 0.5) is 26.3 Å². The normalized spacial score (nSPS) is 20.5. The zero-order valence-electron chi connectivity index (χ0n) is 8.19. The molecule has 0 saturated carbocycles. The second-order valence-electron chi connectivity index (χ2n) is 3.62. The second-order valence-corrected chi connectivity index (χ2v) is 3.62. The first-order chi connectivity index (χ1) is 7.69. The van der Waals surface area contributed by atoms with E-state index in [0.717, 1.165) is 6.07 Å². The van der Waals surface area contributed by atoms with E-state index in [9.17, 15) is 26.3 Å². The quantitative estimate of drug-likeness (QED) is 0.550. The highest BCUT2D eigenvalue weighted by atomic mass is 19.4. The first-order valence-corrected chi connectivity index (χ1v) is 4.59. The fourth-order valence-corrected chi connectivity index (χ4v) is 1.49. The van der Waals surface area contributed by atoms with Crippen molar-refractivity contribution in [3.8, 4) is 0 Å². The number of hydrogen-bond donors (Lipinski definition) is 0. The van der Waals surface area contributed by atoms with Gasteiger partial charge in [-0.25, -0.2) is 0 Å². The molecule has 1 nitrogen and oxygen atoms in total. The maximum atomic E-state index is 12.6. The largest absolute Gasteiger partial charge is 0.416 e. The summed E-state index contributed by atoms with van der Waals surface area (Å²) in [5.74, 6) is 0. The Kier molecular flexibility index (Phi) is 2.61. The fraction of sp³-hybridized carbons (Fsp3) is 0.400. The zero-order valence-corrected chi connectivity index (χ0v) is 8.19. The summed E-state index contributed by atoms with van der Waals surface area (Å²) in [4.78, 5) is 0. The Balaban J connectivity index is 2.50. The number of benzene rings is 1. The van der Waals surface area contributed by atoms with Crippen LogP contribution in [0.25, 0.3) is 0 Å². The SMILES string of the molecule is FC(F)(F)c1ccc(C2CO2)c(C(F)(F)F)c1. The van der Waals surface area contributed by atoms with Gasteiger partial charge in [-0.15, -0.1) is 0 Å². The maximum Gasteiger partial charge on any atom is 0.416 e. The first kappa shape index (κ1) is 12.2. The van der Waals surface area contributed by atoms with Crippen molar-refractivity contribution < 1.29 is 31.1 Å². The van der Waals surface area contributed by atoms with E-state index >= 15 is 0 Å². The van der Waals surface area contributed by atoms with E-state index in [2.05, 4.69) is 4.74 Å². The van der Waals surface area contributed by atoms with Gasteiger partial charge in [0.15, 0.2) is 0 Å². The predicted molar refractivity (Wildman–Crippen MR) is 45.1 cm³/mol. The van der Waals surface area contributed by atoms with Gasteiger partial charge in [-0.2, -0.15) is 26.3 Å². The first-order valence-electron chi connectivity index (χ1n) is 4.59. The Morgan fingerprint density at radius 1 is 1.00 bits per heavy atom. The number of ether oxygens (including phenoxy) is 1. The molecule has 1 saturated heterocycles. The van der Waals surface area contributed by atoms with E-state index in [1.165, 1.54) is 0 Å². The molecule has 1 atom stereocenters. The van der Waals surface area contributed by atoms with Gasteiger partial charge in [0.25, 0.3) is 0 Å². The molecule has 1 aromatic rings. The standard InChI is InChI=1S/C10H6F6O/c11-9(12,13)5-1-2-6(8-4-17-8)7(3-5)10(14,15)16/h1-3,8H,4H2. The molecule has 0 amide bonds. The van der Waals surface area contributed by atoms with Gasteiger partial charge in [0.1, 0.15) is 6.10 Å². The third kappa shape index (κ3) is 2.54. The van der Waals surface area contributed by atoms with Crippen LogP contribution in [0.2, 0.25) is 0 Å². The maximum absolute atomic E-state index is 12.6. The molecule has 1 aliphatic rings. The summed E-state index contributed by atoms with van der Waals surface area (Å²) in [6.45, 7) is 0.106. The van der Waals surface area contributed by atoms with Crippen LogP contribution in [-0.2, 0) is 17.1 Å². The summed E-state index contributed by atoms with van der Waals surface area (Å²) < 4.78 is 79.3. The van der Waals surface area contributed by atoms with Gasteiger partial charge in [-0.3, -0.25) is 0 Å². The van der Waals surface area contributed by atoms with Gasteiger partial charge >= 0.3 is 12.4 Å². The Bertz CT molecular complexity index is 429. The van der Waals surface area contributed by atoms with Crippen molar-refractivity contribution in [2.45, 2.75) is 18.5 Å². The minimum absolute atomic E-state index is 0.106. The second kappa shape index (κ2) is 3.63. The van der Waals surface area contributed by atoms with Crippen LogP contribution in [0.3, 0.4) is 0 Å². The molecule has 0 bridgehead atoms. The molecule has 2 rings (SSSR count). The van der Waals surface area contributed by atoms with E-state index in [1.54, 1.807) is 0 Å². The molecule has 1 fully saturated rings. The topological polar surface area (TPSA) is 12.5 Å². The van der Waals surface area contributed by atoms with Gasteiger partial charge in [0.05, 0.1) is 17.7 Å². The van der Waals surface area contributed by atoms with Crippen LogP contribution in [0, 0.1) is 0 Å². The van der Waals surface area contributed by atoms with E-state index in [4.69, 9.17) is 0 Å². The summed E-state index contributed by atoms with van der Waals surface area (Å²) in [5.41, 5.74) is -2.84. The average molecular weight is 256 g/mol. The summed E-state index contributed by atoms with van der Waals surface area (Å²) in [6, 6.07) is 1.58. The number of rotatable bonds is 1. The fourth-order valence-electron chi connectivity index (χ4n) is 1.49. The third-order valence-corrected chi connectivity index (χ3v) is 2.37. The lowest BCUT2D eigenvalue weighted by Gasteiger charge is -2.14. The summed E-state index contributed by atoms with van der Waals surface area (Å²) in [5, 5.41) is 0. The van der Waals surface area contributed by atoms with Crippen molar-refractivity contribution >= 4 is 0 Å². The molecule has 0 aromatic heterocycles. The molecule has 17 heavy (non-hydrogen) atoms. The number of epoxide rings is 1. The lowest BCUT2D eigenvalue weighted by molar-refractivity contribution is -0.143. The molecule has 0 spiro atoms. The number of alkyl halides is 6. The molecule has 0 N–H and O–H groups in total. The Morgan fingerprint density at radius 2 is 1.59 bits per heavy atom. The number of halogens is 6. The van der Waals surface area contributed by atoms with Crippen molar-refractivity contribution in [2.75, 3.05) is 6.61 Å². The highest BCUT2D eigenvalue weighted by Crippen LogP contribution is 2.42. The van der Waals surface area contributed by atoms with Crippen LogP contribution in [0.15, 0.2) is 18.2 Å². The predicted octanol–water partition coefficient (Wildman–Crippen LogP) is 3.80. The van der Waals surface area contributed by atoms with Crippen molar-refractivity contribution in [2.24, 2.45) is 0 Å². The summed E-state index contributed by atoms with van der Waals surface area (Å²) in [6.07, 6.45) is -10.3. The van der Waals surface area contributed by atoms with Crippen molar-refractivity contribution in [3.63, 3.8) is 0 Å². The van der Waals surface area contributed by atoms with Gasteiger partial charge in [0.2, 0.25) is 0 Å². The van der Waals surface area contributed by atoms with Crippen molar-refractivity contribution in [1.82, 2.24) is 0 Å². The third-order valence-electron chi connectivity index (χ3n) is 2.37. The van der Waals surface area contributed by atoms with E-state index in [0.29, 0.717) is 6.07 Å². The van der Waals surface area contributed by atoms with Crippen LogP contribution in [0.5, 0.6) is 0 Å². The smallest absolute Gasteiger partial charge is 0.368 e. The highest BCUT2D eigenvalue weighted by Gasteiger charge is 2.41. The minimum atomic E-state index is -4.82. The molecule has 1 aromatic carbocycles. The molecule has 7 heteroatoms. The van der Waals surface area contributed by atoms with Crippen molar-refractivity contribution in [1.29, 1.82) is 0 Å². The van der Waals surface area contributed by atoms with Gasteiger partial charge in [-0.1, -0.05) is 6.07 Å². The van der Waals surface area contributed by atoms with E-state index in [-0.39, 0.29) is 18.2 Å². The molecule has 94 valence electrons. The average Bonchev–Trinajstić information content (AvgIpc) is 2.97. The van der Waals surface area contributed by atoms with Gasteiger partial charge in [0, 0.05) is 0 Å². The van der Waals surface area contributed by atoms with Crippen LogP contribution in [-0.4, -0.2) is 6.61 Å². The molecule has 0 radical (unpaired) electrons. The number of hydrogen-bond acceptors (Lipinski definition) is 1. The Hall–Kier alpha value is -1.24. The monoisotopic (exact) mass is 256 g/mol. The highest BCUT2D eigenvalue weighted by molar-refractivity contribution is 5.38. The molecular weight excluding hydrogens is 250 g/mol. The molecule has 0 aliphatic carbocycles. The van der Waals surface area contributed by atoms with Crippen LogP contribution in [0.1, 0.15) is 22.8 Å².